The third-order valence-electron chi connectivity index (χ3n) is 5.32. The molecule has 10 heteroatoms. The van der Waals surface area contributed by atoms with Crippen LogP contribution in [0.2, 0.25) is 0 Å². The minimum Gasteiger partial charge on any atom is -0.467 e. The van der Waals surface area contributed by atoms with Crippen molar-refractivity contribution < 1.29 is 9.21 Å². The zero-order valence-corrected chi connectivity index (χ0v) is 18.6. The molecule has 0 aromatic carbocycles. The summed E-state index contributed by atoms with van der Waals surface area (Å²) in [5.74, 6) is 2.35. The van der Waals surface area contributed by atoms with Gasteiger partial charge in [0.15, 0.2) is 5.16 Å². The van der Waals surface area contributed by atoms with Gasteiger partial charge in [-0.3, -0.25) is 9.36 Å². The Morgan fingerprint density at radius 1 is 1.26 bits per heavy atom. The molecule has 1 aliphatic rings. The molecule has 0 unspecified atom stereocenters. The summed E-state index contributed by atoms with van der Waals surface area (Å²) in [5, 5.41) is 27.1. The highest BCUT2D eigenvalue weighted by molar-refractivity contribution is 7.99. The van der Waals surface area contributed by atoms with Gasteiger partial charge in [-0.1, -0.05) is 18.7 Å². The second-order valence-electron chi connectivity index (χ2n) is 7.60. The molecule has 2 aromatic heterocycles. The number of aromatic nitrogens is 3. The predicted molar refractivity (Wildman–Crippen MR) is 116 cm³/mol. The number of hydrogen-bond acceptors (Lipinski definition) is 8. The van der Waals surface area contributed by atoms with Crippen molar-refractivity contribution in [2.75, 3.05) is 36.8 Å². The molecule has 0 bridgehead atoms. The molecule has 1 saturated heterocycles. The molecule has 0 spiro atoms. The SMILES string of the molecule is CC1CCN(c2nnc(SCC(=O)N(CCC#N)CCC#N)n2Cc2ccco2)CC1. The van der Waals surface area contributed by atoms with Crippen molar-refractivity contribution in [2.45, 2.75) is 44.3 Å². The van der Waals surface area contributed by atoms with Gasteiger partial charge >= 0.3 is 0 Å². The summed E-state index contributed by atoms with van der Waals surface area (Å²) in [6.45, 7) is 5.27. The van der Waals surface area contributed by atoms with Gasteiger partial charge in [-0.05, 0) is 30.9 Å². The van der Waals surface area contributed by atoms with Crippen LogP contribution >= 0.6 is 11.8 Å². The van der Waals surface area contributed by atoms with E-state index in [1.54, 1.807) is 11.2 Å². The Morgan fingerprint density at radius 2 is 1.97 bits per heavy atom. The molecule has 2 aromatic rings. The second kappa shape index (κ2) is 11.4. The van der Waals surface area contributed by atoms with Crippen molar-refractivity contribution in [3.8, 4) is 12.1 Å². The fourth-order valence-electron chi connectivity index (χ4n) is 3.48. The number of rotatable bonds is 10. The topological polar surface area (TPSA) is 115 Å². The van der Waals surface area contributed by atoms with Gasteiger partial charge in [0.25, 0.3) is 0 Å². The molecule has 9 nitrogen and oxygen atoms in total. The molecule has 0 radical (unpaired) electrons. The number of thioether (sulfide) groups is 1. The van der Waals surface area contributed by atoms with Crippen LogP contribution in [0.25, 0.3) is 0 Å². The van der Waals surface area contributed by atoms with Crippen molar-refractivity contribution >= 4 is 23.6 Å². The Balaban J connectivity index is 1.73. The molecular formula is C21H27N7O2S. The number of furan rings is 1. The maximum atomic E-state index is 12.7. The molecule has 164 valence electrons. The Labute approximate surface area is 186 Å². The summed E-state index contributed by atoms with van der Waals surface area (Å²) in [7, 11) is 0. The average Bonchev–Trinajstić information content (AvgIpc) is 3.43. The van der Waals surface area contributed by atoms with Crippen molar-refractivity contribution in [3.63, 3.8) is 0 Å². The summed E-state index contributed by atoms with van der Waals surface area (Å²) < 4.78 is 7.53. The molecule has 0 aliphatic carbocycles. The Hall–Kier alpha value is -2.98. The molecule has 1 amide bonds. The summed E-state index contributed by atoms with van der Waals surface area (Å²) in [6, 6.07) is 7.87. The number of nitrogens with zero attached hydrogens (tertiary/aromatic N) is 7. The third kappa shape index (κ3) is 6.25. The monoisotopic (exact) mass is 441 g/mol. The van der Waals surface area contributed by atoms with E-state index in [2.05, 4.69) is 34.2 Å². The van der Waals surface area contributed by atoms with Crippen molar-refractivity contribution in [3.05, 3.63) is 24.2 Å². The average molecular weight is 442 g/mol. The number of piperidine rings is 1. The number of nitriles is 2. The number of carbonyl (C=O) groups is 1. The van der Waals surface area contributed by atoms with Crippen molar-refractivity contribution in [1.82, 2.24) is 19.7 Å². The van der Waals surface area contributed by atoms with E-state index in [1.165, 1.54) is 11.8 Å². The van der Waals surface area contributed by atoms with Gasteiger partial charge in [0.2, 0.25) is 11.9 Å². The van der Waals surface area contributed by atoms with Gasteiger partial charge in [-0.2, -0.15) is 10.5 Å². The summed E-state index contributed by atoms with van der Waals surface area (Å²) in [4.78, 5) is 16.5. The van der Waals surface area contributed by atoms with Crippen LogP contribution in [0.4, 0.5) is 5.95 Å². The lowest BCUT2D eigenvalue weighted by molar-refractivity contribution is -0.128. The van der Waals surface area contributed by atoms with E-state index in [0.717, 1.165) is 37.6 Å². The van der Waals surface area contributed by atoms with Crippen molar-refractivity contribution in [1.29, 1.82) is 10.5 Å². The molecule has 31 heavy (non-hydrogen) atoms. The van der Waals surface area contributed by atoms with Crippen LogP contribution < -0.4 is 4.90 Å². The van der Waals surface area contributed by atoms with Crippen LogP contribution in [0.1, 0.15) is 38.4 Å². The smallest absolute Gasteiger partial charge is 0.233 e. The largest absolute Gasteiger partial charge is 0.467 e. The summed E-state index contributed by atoms with van der Waals surface area (Å²) in [6.07, 6.45) is 4.35. The molecular weight excluding hydrogens is 414 g/mol. The van der Waals surface area contributed by atoms with E-state index in [9.17, 15) is 4.79 Å². The first-order chi connectivity index (χ1) is 15.1. The van der Waals surface area contributed by atoms with Gasteiger partial charge in [0, 0.05) is 26.2 Å². The molecule has 1 aliphatic heterocycles. The van der Waals surface area contributed by atoms with Crippen LogP contribution in [0, 0.1) is 28.6 Å². The highest BCUT2D eigenvalue weighted by Gasteiger charge is 2.24. The Bertz CT molecular complexity index is 903. The van der Waals surface area contributed by atoms with E-state index in [-0.39, 0.29) is 24.5 Å². The van der Waals surface area contributed by atoms with E-state index in [4.69, 9.17) is 14.9 Å². The lowest BCUT2D eigenvalue weighted by Crippen LogP contribution is -2.35. The molecule has 0 saturated carbocycles. The van der Waals surface area contributed by atoms with Crippen LogP contribution in [0.5, 0.6) is 0 Å². The van der Waals surface area contributed by atoms with Gasteiger partial charge in [0.1, 0.15) is 5.76 Å². The Morgan fingerprint density at radius 3 is 2.58 bits per heavy atom. The number of carbonyl (C=O) groups excluding carboxylic acids is 1. The third-order valence-corrected chi connectivity index (χ3v) is 6.27. The van der Waals surface area contributed by atoms with Crippen LogP contribution in [-0.2, 0) is 11.3 Å². The first-order valence-corrected chi connectivity index (χ1v) is 11.5. The normalized spacial score (nSPS) is 14.2. The van der Waals surface area contributed by atoms with Gasteiger partial charge < -0.3 is 14.2 Å². The highest BCUT2D eigenvalue weighted by Crippen LogP contribution is 2.27. The number of amides is 1. The molecule has 0 N–H and O–H groups in total. The molecule has 3 heterocycles. The predicted octanol–water partition coefficient (Wildman–Crippen LogP) is 2.90. The van der Waals surface area contributed by atoms with Crippen LogP contribution in [0.15, 0.2) is 28.0 Å². The second-order valence-corrected chi connectivity index (χ2v) is 8.55. The Kier molecular flexibility index (Phi) is 8.36. The minimum atomic E-state index is -0.114. The van der Waals surface area contributed by atoms with Gasteiger partial charge in [0.05, 0.1) is 43.5 Å². The first kappa shape index (κ1) is 22.7. The van der Waals surface area contributed by atoms with Crippen LogP contribution in [-0.4, -0.2) is 57.5 Å². The lowest BCUT2D eigenvalue weighted by Gasteiger charge is -2.31. The van der Waals surface area contributed by atoms with E-state index in [0.29, 0.717) is 30.7 Å². The quantitative estimate of drug-likeness (QED) is 0.517. The minimum absolute atomic E-state index is 0.114. The highest BCUT2D eigenvalue weighted by atomic mass is 32.2. The molecule has 1 fully saturated rings. The number of anilines is 1. The summed E-state index contributed by atoms with van der Waals surface area (Å²) >= 11 is 1.32. The lowest BCUT2D eigenvalue weighted by atomic mass is 10.00. The zero-order chi connectivity index (χ0) is 22.1. The standard InChI is InChI=1S/C21H27N7O2S/c1-17-6-12-27(13-7-17)20-24-25-21(28(20)15-18-5-2-14-30-18)31-16-19(29)26(10-3-8-22)11-4-9-23/h2,5,14,17H,3-4,6-7,10-13,15-16H2,1H3. The van der Waals surface area contributed by atoms with E-state index < -0.39 is 0 Å². The van der Waals surface area contributed by atoms with Crippen molar-refractivity contribution in [2.24, 2.45) is 5.92 Å². The van der Waals surface area contributed by atoms with Crippen LogP contribution in [0.3, 0.4) is 0 Å². The zero-order valence-electron chi connectivity index (χ0n) is 17.7. The fraction of sp³-hybridized carbons (Fsp3) is 0.571. The van der Waals surface area contributed by atoms with E-state index in [1.807, 2.05) is 16.7 Å². The van der Waals surface area contributed by atoms with Gasteiger partial charge in [-0.25, -0.2) is 0 Å². The first-order valence-electron chi connectivity index (χ1n) is 10.5. The molecule has 3 rings (SSSR count). The summed E-state index contributed by atoms with van der Waals surface area (Å²) in [5.41, 5.74) is 0. The maximum Gasteiger partial charge on any atom is 0.233 e. The maximum absolute atomic E-state index is 12.7. The van der Waals surface area contributed by atoms with Gasteiger partial charge in [-0.15, -0.1) is 10.2 Å². The molecule has 0 atom stereocenters. The number of hydrogen-bond donors (Lipinski definition) is 0. The fourth-order valence-corrected chi connectivity index (χ4v) is 4.31. The van der Waals surface area contributed by atoms with E-state index >= 15 is 0 Å².